The predicted molar refractivity (Wildman–Crippen MR) is 91.1 cm³/mol. The van der Waals surface area contributed by atoms with Crippen molar-refractivity contribution in [2.75, 3.05) is 20.3 Å². The quantitative estimate of drug-likeness (QED) is 0.797. The van der Waals surface area contributed by atoms with Crippen molar-refractivity contribution in [3.8, 4) is 5.75 Å². The average Bonchev–Trinajstić information content (AvgIpc) is 2.53. The first-order valence-electron chi connectivity index (χ1n) is 7.86. The van der Waals surface area contributed by atoms with Gasteiger partial charge in [-0.2, -0.15) is 0 Å². The first-order valence-corrected chi connectivity index (χ1v) is 7.86. The molecule has 0 atom stereocenters. The number of ether oxygens (including phenoxy) is 2. The highest BCUT2D eigenvalue weighted by molar-refractivity contribution is 5.98. The van der Waals surface area contributed by atoms with Crippen molar-refractivity contribution < 1.29 is 14.3 Å². The predicted octanol–water partition coefficient (Wildman–Crippen LogP) is 3.10. The molecule has 1 amide bonds. The summed E-state index contributed by atoms with van der Waals surface area (Å²) in [6.07, 6.45) is 1.00. The normalized spacial score (nSPS) is 11.0. The van der Waals surface area contributed by atoms with Crippen LogP contribution in [0.1, 0.15) is 36.3 Å². The molecule has 0 fully saturated rings. The molecule has 5 heteroatoms. The second-order valence-corrected chi connectivity index (χ2v) is 5.71. The molecule has 124 valence electrons. The first-order chi connectivity index (χ1) is 11.0. The van der Waals surface area contributed by atoms with Gasteiger partial charge in [0.2, 0.25) is 0 Å². The summed E-state index contributed by atoms with van der Waals surface area (Å²) in [6.45, 7) is 7.07. The summed E-state index contributed by atoms with van der Waals surface area (Å²) in [5.41, 5.74) is 2.17. The van der Waals surface area contributed by atoms with E-state index in [4.69, 9.17) is 9.47 Å². The smallest absolute Gasteiger partial charge is 0.253 e. The van der Waals surface area contributed by atoms with Crippen molar-refractivity contribution in [1.29, 1.82) is 0 Å². The number of nitrogens with zero attached hydrogens (tertiary/aromatic N) is 1. The topological polar surface area (TPSA) is 60.5 Å². The van der Waals surface area contributed by atoms with Crippen molar-refractivity contribution in [3.63, 3.8) is 0 Å². The maximum Gasteiger partial charge on any atom is 0.253 e. The lowest BCUT2D eigenvalue weighted by molar-refractivity contribution is 0.0757. The van der Waals surface area contributed by atoms with Crippen LogP contribution in [0, 0.1) is 6.92 Å². The minimum absolute atomic E-state index is 0.107. The molecule has 2 rings (SSSR count). The Hall–Kier alpha value is -2.14. The van der Waals surface area contributed by atoms with Crippen LogP contribution in [0.3, 0.4) is 0 Å². The monoisotopic (exact) mass is 316 g/mol. The van der Waals surface area contributed by atoms with Crippen LogP contribution in [0.4, 0.5) is 0 Å². The molecule has 0 saturated carbocycles. The summed E-state index contributed by atoms with van der Waals surface area (Å²) in [5.74, 6) is 0.643. The van der Waals surface area contributed by atoms with Crippen LogP contribution in [0.5, 0.6) is 5.75 Å². The van der Waals surface area contributed by atoms with Gasteiger partial charge in [-0.15, -0.1) is 0 Å². The van der Waals surface area contributed by atoms with E-state index in [2.05, 4.69) is 10.3 Å². The number of benzene rings is 1. The van der Waals surface area contributed by atoms with E-state index in [1.807, 2.05) is 45.0 Å². The lowest BCUT2D eigenvalue weighted by Gasteiger charge is -2.10. The Bertz CT molecular complexity index is 683. The molecule has 0 bridgehead atoms. The van der Waals surface area contributed by atoms with E-state index in [1.165, 1.54) is 0 Å². The molecule has 0 aliphatic rings. The van der Waals surface area contributed by atoms with Gasteiger partial charge in [0, 0.05) is 18.5 Å². The number of carbonyl (C=O) groups is 1. The zero-order chi connectivity index (χ0) is 16.8. The fourth-order valence-corrected chi connectivity index (χ4v) is 2.30. The van der Waals surface area contributed by atoms with Gasteiger partial charge in [0.25, 0.3) is 5.91 Å². The number of amides is 1. The van der Waals surface area contributed by atoms with E-state index in [9.17, 15) is 4.79 Å². The molecule has 1 aromatic carbocycles. The number of aryl methyl sites for hydroxylation is 1. The van der Waals surface area contributed by atoms with Gasteiger partial charge in [0.15, 0.2) is 0 Å². The van der Waals surface area contributed by atoms with Crippen LogP contribution in [0.15, 0.2) is 24.3 Å². The Labute approximate surface area is 137 Å². The van der Waals surface area contributed by atoms with Crippen molar-refractivity contribution in [2.45, 2.75) is 33.3 Å². The second kappa shape index (κ2) is 7.92. The highest BCUT2D eigenvalue weighted by Gasteiger charge is 2.11. The van der Waals surface area contributed by atoms with E-state index >= 15 is 0 Å². The molecule has 5 nitrogen and oxygen atoms in total. The summed E-state index contributed by atoms with van der Waals surface area (Å²) < 4.78 is 10.7. The third-order valence-corrected chi connectivity index (χ3v) is 3.51. The van der Waals surface area contributed by atoms with Gasteiger partial charge in [-0.25, -0.2) is 0 Å². The van der Waals surface area contributed by atoms with Gasteiger partial charge in [-0.1, -0.05) is 0 Å². The first kappa shape index (κ1) is 17.2. The summed E-state index contributed by atoms with van der Waals surface area (Å²) in [6, 6.07) is 7.50. The zero-order valence-electron chi connectivity index (χ0n) is 14.2. The van der Waals surface area contributed by atoms with Gasteiger partial charge >= 0.3 is 0 Å². The molecule has 23 heavy (non-hydrogen) atoms. The van der Waals surface area contributed by atoms with E-state index in [0.29, 0.717) is 18.7 Å². The molecular formula is C18H24N2O3. The lowest BCUT2D eigenvalue weighted by Crippen LogP contribution is -2.26. The summed E-state index contributed by atoms with van der Waals surface area (Å²) >= 11 is 0. The molecule has 0 radical (unpaired) electrons. The molecular weight excluding hydrogens is 292 g/mol. The minimum Gasteiger partial charge on any atom is -0.497 e. The summed E-state index contributed by atoms with van der Waals surface area (Å²) in [5, 5.41) is 3.81. The lowest BCUT2D eigenvalue weighted by atomic mass is 10.1. The van der Waals surface area contributed by atoms with E-state index < -0.39 is 0 Å². The van der Waals surface area contributed by atoms with Crippen molar-refractivity contribution >= 4 is 16.8 Å². The number of carbonyl (C=O) groups excluding carboxylic acids is 1. The Morgan fingerprint density at radius 1 is 1.30 bits per heavy atom. The van der Waals surface area contributed by atoms with Crippen LogP contribution in [0.2, 0.25) is 0 Å². The molecule has 1 aromatic heterocycles. The number of methoxy groups -OCH3 is 1. The van der Waals surface area contributed by atoms with Gasteiger partial charge in [0.05, 0.1) is 30.0 Å². The van der Waals surface area contributed by atoms with Gasteiger partial charge in [-0.05, 0) is 51.5 Å². The molecule has 0 aliphatic heterocycles. The molecule has 1 N–H and O–H groups in total. The van der Waals surface area contributed by atoms with Gasteiger partial charge in [0.1, 0.15) is 5.75 Å². The third-order valence-electron chi connectivity index (χ3n) is 3.51. The number of rotatable bonds is 7. The summed E-state index contributed by atoms with van der Waals surface area (Å²) in [7, 11) is 1.62. The van der Waals surface area contributed by atoms with Crippen LogP contribution < -0.4 is 10.1 Å². The van der Waals surface area contributed by atoms with Crippen LogP contribution >= 0.6 is 0 Å². The molecule has 0 spiro atoms. The maximum atomic E-state index is 12.3. The number of fused-ring (bicyclic) bond motifs is 1. The number of hydrogen-bond acceptors (Lipinski definition) is 4. The van der Waals surface area contributed by atoms with Gasteiger partial charge < -0.3 is 14.8 Å². The van der Waals surface area contributed by atoms with E-state index in [0.717, 1.165) is 28.8 Å². The van der Waals surface area contributed by atoms with Crippen molar-refractivity contribution in [2.24, 2.45) is 0 Å². The Balaban J connectivity index is 2.05. The molecule has 1 heterocycles. The number of aromatic nitrogens is 1. The molecule has 0 aliphatic carbocycles. The Morgan fingerprint density at radius 2 is 2.09 bits per heavy atom. The standard InChI is InChI=1S/C18H24N2O3/c1-12(2)23-9-5-8-19-18(21)16-11-14-10-15(22-4)6-7-17(14)20-13(16)3/h6-7,10-12H,5,8-9H2,1-4H3,(H,19,21). The largest absolute Gasteiger partial charge is 0.497 e. The maximum absolute atomic E-state index is 12.3. The molecule has 0 unspecified atom stereocenters. The summed E-state index contributed by atoms with van der Waals surface area (Å²) in [4.78, 5) is 16.8. The van der Waals surface area contributed by atoms with E-state index in [-0.39, 0.29) is 12.0 Å². The van der Waals surface area contributed by atoms with Crippen molar-refractivity contribution in [1.82, 2.24) is 10.3 Å². The Morgan fingerprint density at radius 3 is 2.78 bits per heavy atom. The van der Waals surface area contributed by atoms with Crippen LogP contribution in [-0.2, 0) is 4.74 Å². The highest BCUT2D eigenvalue weighted by Crippen LogP contribution is 2.21. The van der Waals surface area contributed by atoms with Crippen LogP contribution in [-0.4, -0.2) is 37.3 Å². The average molecular weight is 316 g/mol. The molecule has 2 aromatic rings. The second-order valence-electron chi connectivity index (χ2n) is 5.71. The fourth-order valence-electron chi connectivity index (χ4n) is 2.30. The highest BCUT2D eigenvalue weighted by atomic mass is 16.5. The number of hydrogen-bond donors (Lipinski definition) is 1. The number of nitrogens with one attached hydrogen (secondary N) is 1. The SMILES string of the molecule is COc1ccc2nc(C)c(C(=O)NCCCOC(C)C)cc2c1. The fraction of sp³-hybridized carbons (Fsp3) is 0.444. The number of pyridine rings is 1. The minimum atomic E-state index is -0.107. The van der Waals surface area contributed by atoms with Crippen LogP contribution in [0.25, 0.3) is 10.9 Å². The third kappa shape index (κ3) is 4.66. The van der Waals surface area contributed by atoms with Gasteiger partial charge in [-0.3, -0.25) is 9.78 Å². The zero-order valence-corrected chi connectivity index (χ0v) is 14.2. The Kier molecular flexibility index (Phi) is 5.93. The van der Waals surface area contributed by atoms with Crippen molar-refractivity contribution in [3.05, 3.63) is 35.5 Å². The van der Waals surface area contributed by atoms with E-state index in [1.54, 1.807) is 7.11 Å². The molecule has 0 saturated heterocycles.